The molecule has 0 saturated carbocycles. The first kappa shape index (κ1) is 13.9. The monoisotopic (exact) mass is 275 g/mol. The van der Waals surface area contributed by atoms with Crippen molar-refractivity contribution in [1.82, 2.24) is 4.31 Å². The first-order chi connectivity index (χ1) is 7.87. The van der Waals surface area contributed by atoms with Crippen LogP contribution in [0, 0.1) is 6.92 Å². The van der Waals surface area contributed by atoms with Gasteiger partial charge in [0.15, 0.2) is 0 Å². The van der Waals surface area contributed by atoms with Crippen LogP contribution < -0.4 is 0 Å². The second-order valence-electron chi connectivity index (χ2n) is 3.35. The van der Waals surface area contributed by atoms with E-state index in [2.05, 4.69) is 6.58 Å². The Hall–Kier alpha value is -1.18. The molecule has 0 aliphatic rings. The van der Waals surface area contributed by atoms with Gasteiger partial charge in [0, 0.05) is 11.4 Å². The first-order valence-electron chi connectivity index (χ1n) is 4.77. The van der Waals surface area contributed by atoms with Crippen LogP contribution in [0.4, 0.5) is 0 Å². The summed E-state index contributed by atoms with van der Waals surface area (Å²) in [6.07, 6.45) is 1.36. The topological polar surface area (TPSA) is 74.7 Å². The molecule has 0 atom stereocenters. The lowest BCUT2D eigenvalue weighted by atomic mass is 10.5. The van der Waals surface area contributed by atoms with E-state index in [0.29, 0.717) is 0 Å². The molecule has 0 unspecified atom stereocenters. The Kier molecular flexibility index (Phi) is 4.44. The Labute approximate surface area is 104 Å². The van der Waals surface area contributed by atoms with Gasteiger partial charge >= 0.3 is 5.97 Å². The molecule has 17 heavy (non-hydrogen) atoms. The van der Waals surface area contributed by atoms with Crippen LogP contribution in [-0.4, -0.2) is 36.9 Å². The van der Waals surface area contributed by atoms with Crippen molar-refractivity contribution in [1.29, 1.82) is 0 Å². The quantitative estimate of drug-likeness (QED) is 0.794. The number of thiophene rings is 1. The van der Waals surface area contributed by atoms with E-state index in [1.807, 2.05) is 0 Å². The molecule has 94 valence electrons. The minimum Gasteiger partial charge on any atom is -0.480 e. The third-order valence-corrected chi connectivity index (χ3v) is 5.23. The third kappa shape index (κ3) is 3.39. The largest absolute Gasteiger partial charge is 0.480 e. The predicted octanol–water partition coefficient (Wildman–Crippen LogP) is 1.32. The van der Waals surface area contributed by atoms with Crippen LogP contribution in [0.1, 0.15) is 4.88 Å². The van der Waals surface area contributed by atoms with Crippen LogP contribution in [0.2, 0.25) is 0 Å². The third-order valence-electron chi connectivity index (χ3n) is 1.95. The van der Waals surface area contributed by atoms with Crippen LogP contribution >= 0.6 is 11.3 Å². The summed E-state index contributed by atoms with van der Waals surface area (Å²) in [5, 5.41) is 8.69. The molecule has 1 heterocycles. The van der Waals surface area contributed by atoms with Crippen molar-refractivity contribution in [2.75, 3.05) is 13.1 Å². The van der Waals surface area contributed by atoms with Gasteiger partial charge in [0.05, 0.1) is 0 Å². The molecule has 0 saturated heterocycles. The lowest BCUT2D eigenvalue weighted by molar-refractivity contribution is -0.137. The number of aryl methyl sites for hydroxylation is 1. The Morgan fingerprint density at radius 2 is 2.24 bits per heavy atom. The van der Waals surface area contributed by atoms with E-state index in [-0.39, 0.29) is 10.8 Å². The number of carboxylic acids is 1. The fourth-order valence-electron chi connectivity index (χ4n) is 1.22. The number of aliphatic carboxylic acids is 1. The molecule has 1 aromatic heterocycles. The van der Waals surface area contributed by atoms with Crippen LogP contribution in [0.5, 0.6) is 0 Å². The first-order valence-corrected chi connectivity index (χ1v) is 7.03. The Morgan fingerprint density at radius 1 is 1.59 bits per heavy atom. The van der Waals surface area contributed by atoms with E-state index in [9.17, 15) is 13.2 Å². The van der Waals surface area contributed by atoms with Crippen LogP contribution in [-0.2, 0) is 14.8 Å². The number of hydrogen-bond acceptors (Lipinski definition) is 4. The number of hydrogen-bond donors (Lipinski definition) is 1. The van der Waals surface area contributed by atoms with Gasteiger partial charge in [-0.25, -0.2) is 8.42 Å². The highest BCUT2D eigenvalue weighted by Crippen LogP contribution is 2.24. The van der Waals surface area contributed by atoms with Crippen molar-refractivity contribution >= 4 is 27.3 Å². The fourth-order valence-corrected chi connectivity index (χ4v) is 4.02. The van der Waals surface area contributed by atoms with Crippen LogP contribution in [0.3, 0.4) is 0 Å². The molecule has 0 aliphatic heterocycles. The Bertz CT molecular complexity index is 518. The average Bonchev–Trinajstić information content (AvgIpc) is 2.64. The molecule has 7 heteroatoms. The number of nitrogens with zero attached hydrogens (tertiary/aromatic N) is 1. The van der Waals surface area contributed by atoms with E-state index in [1.54, 1.807) is 13.0 Å². The standard InChI is InChI=1S/C10H13NO4S2/c1-3-6-11(7-9(12)13)17(14,15)10-5-4-8(2)16-10/h3-5H,1,6-7H2,2H3,(H,12,13). The zero-order valence-corrected chi connectivity index (χ0v) is 10.9. The van der Waals surface area contributed by atoms with Gasteiger partial charge in [0.2, 0.25) is 0 Å². The van der Waals surface area contributed by atoms with Gasteiger partial charge < -0.3 is 5.11 Å². The van der Waals surface area contributed by atoms with Crippen molar-refractivity contribution in [3.05, 3.63) is 29.7 Å². The molecule has 0 spiro atoms. The minimum atomic E-state index is -3.74. The number of carbonyl (C=O) groups is 1. The lowest BCUT2D eigenvalue weighted by Crippen LogP contribution is -2.35. The summed E-state index contributed by atoms with van der Waals surface area (Å²) < 4.78 is 25.2. The van der Waals surface area contributed by atoms with Crippen molar-refractivity contribution < 1.29 is 18.3 Å². The van der Waals surface area contributed by atoms with Crippen molar-refractivity contribution in [2.24, 2.45) is 0 Å². The molecule has 0 aliphatic carbocycles. The maximum atomic E-state index is 12.1. The lowest BCUT2D eigenvalue weighted by Gasteiger charge is -2.17. The highest BCUT2D eigenvalue weighted by Gasteiger charge is 2.26. The number of rotatable bonds is 6. The summed E-state index contributed by atoms with van der Waals surface area (Å²) in [5.74, 6) is -1.19. The predicted molar refractivity (Wildman–Crippen MR) is 65.6 cm³/mol. The summed E-state index contributed by atoms with van der Waals surface area (Å²) in [6, 6.07) is 3.16. The van der Waals surface area contributed by atoms with E-state index >= 15 is 0 Å². The molecule has 0 aromatic carbocycles. The van der Waals surface area contributed by atoms with Crippen molar-refractivity contribution in [3.8, 4) is 0 Å². The molecule has 1 N–H and O–H groups in total. The molecular weight excluding hydrogens is 262 g/mol. The molecule has 1 aromatic rings. The summed E-state index contributed by atoms with van der Waals surface area (Å²) in [7, 11) is -3.74. The van der Waals surface area contributed by atoms with Crippen molar-refractivity contribution in [2.45, 2.75) is 11.1 Å². The molecule has 0 radical (unpaired) electrons. The zero-order valence-electron chi connectivity index (χ0n) is 9.29. The van der Waals surface area contributed by atoms with Gasteiger partial charge in [-0.3, -0.25) is 4.79 Å². The molecular formula is C10H13NO4S2. The Balaban J connectivity index is 3.07. The maximum absolute atomic E-state index is 12.1. The average molecular weight is 275 g/mol. The summed E-state index contributed by atoms with van der Waals surface area (Å²) in [5.41, 5.74) is 0. The van der Waals surface area contributed by atoms with Crippen molar-refractivity contribution in [3.63, 3.8) is 0 Å². The molecule has 0 fully saturated rings. The van der Waals surface area contributed by atoms with Gasteiger partial charge in [0.25, 0.3) is 10.0 Å². The van der Waals surface area contributed by atoms with E-state index in [4.69, 9.17) is 5.11 Å². The number of carboxylic acid groups (broad SMARTS) is 1. The number of sulfonamides is 1. The summed E-state index contributed by atoms with van der Waals surface area (Å²) in [4.78, 5) is 11.5. The van der Waals surface area contributed by atoms with Gasteiger partial charge in [-0.2, -0.15) is 4.31 Å². The zero-order chi connectivity index (χ0) is 13.1. The van der Waals surface area contributed by atoms with Crippen LogP contribution in [0.25, 0.3) is 0 Å². The SMILES string of the molecule is C=CCN(CC(=O)O)S(=O)(=O)c1ccc(C)s1. The molecule has 1 rings (SSSR count). The molecule has 0 amide bonds. The summed E-state index contributed by atoms with van der Waals surface area (Å²) >= 11 is 1.12. The smallest absolute Gasteiger partial charge is 0.318 e. The summed E-state index contributed by atoms with van der Waals surface area (Å²) in [6.45, 7) is 4.63. The van der Waals surface area contributed by atoms with Gasteiger partial charge in [-0.15, -0.1) is 17.9 Å². The second-order valence-corrected chi connectivity index (χ2v) is 6.80. The highest BCUT2D eigenvalue weighted by atomic mass is 32.2. The van der Waals surface area contributed by atoms with Crippen LogP contribution in [0.15, 0.2) is 29.0 Å². The van der Waals surface area contributed by atoms with Gasteiger partial charge in [0.1, 0.15) is 10.8 Å². The second kappa shape index (κ2) is 5.44. The Morgan fingerprint density at radius 3 is 2.65 bits per heavy atom. The normalized spacial score (nSPS) is 11.6. The fraction of sp³-hybridized carbons (Fsp3) is 0.300. The minimum absolute atomic E-state index is 0.0222. The highest BCUT2D eigenvalue weighted by molar-refractivity contribution is 7.91. The van der Waals surface area contributed by atoms with E-state index in [1.165, 1.54) is 12.1 Å². The van der Waals surface area contributed by atoms with Gasteiger partial charge in [-0.1, -0.05) is 6.08 Å². The van der Waals surface area contributed by atoms with E-state index < -0.39 is 22.5 Å². The van der Waals surface area contributed by atoms with Gasteiger partial charge in [-0.05, 0) is 19.1 Å². The maximum Gasteiger partial charge on any atom is 0.318 e. The molecule has 5 nitrogen and oxygen atoms in total. The van der Waals surface area contributed by atoms with E-state index in [0.717, 1.165) is 20.5 Å². The molecule has 0 bridgehead atoms.